The summed E-state index contributed by atoms with van der Waals surface area (Å²) in [6.45, 7) is 1.47. The van der Waals surface area contributed by atoms with E-state index in [0.29, 0.717) is 0 Å². The van der Waals surface area contributed by atoms with Crippen molar-refractivity contribution >= 4 is 21.8 Å². The molecule has 0 radical (unpaired) electrons. The van der Waals surface area contributed by atoms with Gasteiger partial charge >= 0.3 is 10.2 Å². The minimum absolute atomic E-state index is 0.0637. The predicted molar refractivity (Wildman–Crippen MR) is 67.0 cm³/mol. The van der Waals surface area contributed by atoms with Crippen LogP contribution in [0.25, 0.3) is 0 Å². The zero-order valence-electron chi connectivity index (χ0n) is 10.4. The minimum atomic E-state index is -9.70. The Morgan fingerprint density at radius 3 is 2.14 bits per heavy atom. The second-order valence-corrected chi connectivity index (χ2v) is 6.65. The first-order chi connectivity index (χ1) is 9.36. The monoisotopic (exact) mass is 328 g/mol. The van der Waals surface area contributed by atoms with Crippen LogP contribution in [-0.2, 0) is 0 Å². The summed E-state index contributed by atoms with van der Waals surface area (Å²) in [5.74, 6) is -0.454. The Labute approximate surface area is 115 Å². The molecule has 0 unspecified atom stereocenters. The van der Waals surface area contributed by atoms with E-state index in [1.807, 2.05) is 0 Å². The second kappa shape index (κ2) is 3.97. The van der Waals surface area contributed by atoms with Gasteiger partial charge in [-0.3, -0.25) is 4.79 Å². The molecular weight excluding hydrogens is 319 g/mol. The third kappa shape index (κ3) is 3.51. The lowest BCUT2D eigenvalue weighted by Crippen LogP contribution is -2.12. The van der Waals surface area contributed by atoms with Gasteiger partial charge in [0.05, 0.1) is 6.20 Å². The van der Waals surface area contributed by atoms with E-state index in [2.05, 4.69) is 15.0 Å². The molecule has 0 aliphatic rings. The van der Waals surface area contributed by atoms with Crippen molar-refractivity contribution in [3.05, 3.63) is 41.8 Å². The Balaban J connectivity index is 2.22. The first-order valence-electron chi connectivity index (χ1n) is 5.43. The summed E-state index contributed by atoms with van der Waals surface area (Å²) in [5.41, 5.74) is 0.0259. The molecule has 0 saturated carbocycles. The van der Waals surface area contributed by atoms with Crippen molar-refractivity contribution in [3.8, 4) is 0 Å². The molecule has 1 aromatic carbocycles. The van der Waals surface area contributed by atoms with E-state index in [1.165, 1.54) is 6.92 Å². The summed E-state index contributed by atoms with van der Waals surface area (Å²) < 4.78 is 67.2. The highest BCUT2D eigenvalue weighted by Crippen LogP contribution is 3.02. The van der Waals surface area contributed by atoms with Gasteiger partial charge in [-0.15, -0.1) is 0 Å². The molecule has 0 atom stereocenters. The SMILES string of the molecule is Cc1oncc1C(=O)Nc1ccc(S(F)(F)(F)(F)F)cc1. The molecule has 10 heteroatoms. The molecular formula is C11H9F5N2O2S. The Morgan fingerprint density at radius 1 is 1.14 bits per heavy atom. The average molecular weight is 328 g/mol. The zero-order valence-corrected chi connectivity index (χ0v) is 11.3. The smallest absolute Gasteiger partial charge is 0.310 e. The van der Waals surface area contributed by atoms with Crippen LogP contribution in [0.3, 0.4) is 0 Å². The van der Waals surface area contributed by atoms with Gasteiger partial charge in [0, 0.05) is 5.69 Å². The molecule has 4 nitrogen and oxygen atoms in total. The van der Waals surface area contributed by atoms with Gasteiger partial charge in [0.2, 0.25) is 0 Å². The molecule has 0 saturated heterocycles. The fourth-order valence-electron chi connectivity index (χ4n) is 1.51. The molecule has 1 aromatic heterocycles. The van der Waals surface area contributed by atoms with Crippen LogP contribution >= 0.6 is 10.2 Å². The summed E-state index contributed by atoms with van der Waals surface area (Å²) in [4.78, 5) is 9.71. The molecule has 1 heterocycles. The van der Waals surface area contributed by atoms with Crippen molar-refractivity contribution < 1.29 is 28.7 Å². The molecule has 0 aliphatic carbocycles. The highest BCUT2D eigenvalue weighted by atomic mass is 32.5. The molecule has 0 bridgehead atoms. The maximum Gasteiger partial charge on any atom is 0.310 e. The fourth-order valence-corrected chi connectivity index (χ4v) is 2.16. The van der Waals surface area contributed by atoms with Crippen molar-refractivity contribution in [1.82, 2.24) is 5.16 Å². The van der Waals surface area contributed by atoms with Gasteiger partial charge in [0.1, 0.15) is 16.2 Å². The van der Waals surface area contributed by atoms with Gasteiger partial charge in [0.25, 0.3) is 5.91 Å². The summed E-state index contributed by atoms with van der Waals surface area (Å²) in [6, 6.07) is 1.93. The first-order valence-corrected chi connectivity index (χ1v) is 7.39. The lowest BCUT2D eigenvalue weighted by Gasteiger charge is -2.40. The Hall–Kier alpha value is -2.10. The third-order valence-corrected chi connectivity index (χ3v) is 3.72. The van der Waals surface area contributed by atoms with Gasteiger partial charge in [-0.2, -0.15) is 0 Å². The molecule has 1 amide bonds. The minimum Gasteiger partial charge on any atom is -0.361 e. The normalized spacial score (nSPS) is 15.1. The number of anilines is 1. The number of amides is 1. The fraction of sp³-hybridized carbons (Fsp3) is 0.0909. The van der Waals surface area contributed by atoms with Crippen LogP contribution in [0.5, 0.6) is 0 Å². The van der Waals surface area contributed by atoms with Gasteiger partial charge < -0.3 is 9.84 Å². The second-order valence-electron chi connectivity index (χ2n) is 4.24. The Bertz CT molecular complexity index is 694. The number of hydrogen-bond donors (Lipinski definition) is 1. The van der Waals surface area contributed by atoms with E-state index in [0.717, 1.165) is 18.3 Å². The van der Waals surface area contributed by atoms with E-state index in [-0.39, 0.29) is 29.1 Å². The molecule has 21 heavy (non-hydrogen) atoms. The van der Waals surface area contributed by atoms with Gasteiger partial charge in [-0.1, -0.05) is 24.6 Å². The summed E-state index contributed by atoms with van der Waals surface area (Å²) in [7, 11) is -9.70. The van der Waals surface area contributed by atoms with Gasteiger partial charge in [-0.25, -0.2) is 0 Å². The summed E-state index contributed by atoms with van der Waals surface area (Å²) >= 11 is 0. The highest BCUT2D eigenvalue weighted by Gasteiger charge is 2.65. The molecule has 0 fully saturated rings. The van der Waals surface area contributed by atoms with Crippen molar-refractivity contribution in [1.29, 1.82) is 0 Å². The number of carbonyl (C=O) groups excluding carboxylic acids is 1. The van der Waals surface area contributed by atoms with E-state index in [1.54, 1.807) is 0 Å². The van der Waals surface area contributed by atoms with Crippen molar-refractivity contribution in [2.75, 3.05) is 5.32 Å². The predicted octanol–water partition coefficient (Wildman–Crippen LogP) is 4.89. The zero-order chi connectivity index (χ0) is 16.0. The quantitative estimate of drug-likeness (QED) is 0.816. The number of aromatic nitrogens is 1. The first kappa shape index (κ1) is 15.3. The van der Waals surface area contributed by atoms with E-state index in [4.69, 9.17) is 0 Å². The number of rotatable bonds is 3. The van der Waals surface area contributed by atoms with Crippen LogP contribution in [-0.4, -0.2) is 11.1 Å². The van der Waals surface area contributed by atoms with E-state index in [9.17, 15) is 24.2 Å². The number of nitrogens with one attached hydrogen (secondary N) is 1. The van der Waals surface area contributed by atoms with Crippen LogP contribution < -0.4 is 5.32 Å². The lowest BCUT2D eigenvalue weighted by atomic mass is 10.2. The summed E-state index contributed by atoms with van der Waals surface area (Å²) in [6.07, 6.45) is 1.13. The number of aryl methyl sites for hydroxylation is 1. The standard InChI is InChI=1S/C11H9F5N2O2S/c1-7-10(6-17-20-7)11(19)18-8-2-4-9(5-3-8)21(12,13,14,15)16/h2-6H,1H3,(H,18,19). The van der Waals surface area contributed by atoms with Crippen molar-refractivity contribution in [2.45, 2.75) is 11.8 Å². The Morgan fingerprint density at radius 2 is 1.71 bits per heavy atom. The Kier molecular flexibility index (Phi) is 2.89. The largest absolute Gasteiger partial charge is 0.361 e. The van der Waals surface area contributed by atoms with Crippen LogP contribution in [0.15, 0.2) is 39.9 Å². The van der Waals surface area contributed by atoms with Crippen LogP contribution in [0, 0.1) is 6.92 Å². The average Bonchev–Trinajstić information content (AvgIpc) is 2.73. The number of halogens is 5. The lowest BCUT2D eigenvalue weighted by molar-refractivity contribution is 0.102. The van der Waals surface area contributed by atoms with E-state index < -0.39 is 21.0 Å². The number of carbonyl (C=O) groups is 1. The molecule has 0 aliphatic heterocycles. The third-order valence-electron chi connectivity index (χ3n) is 2.55. The van der Waals surface area contributed by atoms with Gasteiger partial charge in [-0.05, 0) is 31.2 Å². The number of hydrogen-bond acceptors (Lipinski definition) is 3. The summed E-state index contributed by atoms with van der Waals surface area (Å²) in [5, 5.41) is 5.62. The van der Waals surface area contributed by atoms with Crippen LogP contribution in [0.4, 0.5) is 25.1 Å². The molecule has 1 N–H and O–H groups in total. The topological polar surface area (TPSA) is 55.1 Å². The van der Waals surface area contributed by atoms with Crippen LogP contribution in [0.2, 0.25) is 0 Å². The van der Waals surface area contributed by atoms with Crippen molar-refractivity contribution in [3.63, 3.8) is 0 Å². The van der Waals surface area contributed by atoms with Crippen molar-refractivity contribution in [2.24, 2.45) is 0 Å². The maximum atomic E-state index is 12.5. The molecule has 0 spiro atoms. The molecule has 116 valence electrons. The number of nitrogens with zero attached hydrogens (tertiary/aromatic N) is 1. The maximum absolute atomic E-state index is 12.5. The van der Waals surface area contributed by atoms with E-state index >= 15 is 0 Å². The molecule has 2 rings (SSSR count). The highest BCUT2D eigenvalue weighted by molar-refractivity contribution is 8.45. The van der Waals surface area contributed by atoms with Crippen LogP contribution in [0.1, 0.15) is 16.1 Å². The van der Waals surface area contributed by atoms with Gasteiger partial charge in [0.15, 0.2) is 0 Å². The number of benzene rings is 1. The molecule has 2 aromatic rings.